The van der Waals surface area contributed by atoms with Gasteiger partial charge in [0.25, 0.3) is 0 Å². The van der Waals surface area contributed by atoms with Crippen molar-refractivity contribution in [1.29, 1.82) is 0 Å². The van der Waals surface area contributed by atoms with E-state index in [0.29, 0.717) is 36.0 Å². The number of rotatable bonds is 5. The molecule has 2 aromatic carbocycles. The van der Waals surface area contributed by atoms with Gasteiger partial charge < -0.3 is 20.1 Å². The van der Waals surface area contributed by atoms with E-state index in [2.05, 4.69) is 10.3 Å². The zero-order valence-electron chi connectivity index (χ0n) is 22.1. The Morgan fingerprint density at radius 2 is 1.77 bits per heavy atom. The number of hydrogen-bond acceptors (Lipinski definition) is 4. The Kier molecular flexibility index (Phi) is 7.09. The first-order valence-electron chi connectivity index (χ1n) is 13.1. The molecule has 10 heteroatoms. The standard InChI is InChI=1S/C29H32F3N3O4/c1-29(2,3)39-28(38)35-14-20(36)12-23(35)27(37)33-13-15-8-17(9-15)24-21-10-19(31)11-22(32)26(21)34-25(24)16-4-6-18(30)7-5-16/h4-7,10-11,15,17,20,23,34,36H,8-9,12-14H2,1-3H3,(H,33,37)/t15-,17-,20-,23-/m1/s1. The lowest BCUT2D eigenvalue weighted by atomic mass is 9.70. The summed E-state index contributed by atoms with van der Waals surface area (Å²) >= 11 is 0. The highest BCUT2D eigenvalue weighted by Gasteiger charge is 2.42. The van der Waals surface area contributed by atoms with Crippen LogP contribution in [0.3, 0.4) is 0 Å². The molecule has 2 atom stereocenters. The van der Waals surface area contributed by atoms with E-state index in [9.17, 15) is 27.9 Å². The van der Waals surface area contributed by atoms with Gasteiger partial charge in [-0.25, -0.2) is 18.0 Å². The summed E-state index contributed by atoms with van der Waals surface area (Å²) in [6.45, 7) is 5.59. The molecule has 1 aliphatic carbocycles. The first kappa shape index (κ1) is 27.1. The Bertz CT molecular complexity index is 1390. The third-order valence-corrected chi connectivity index (χ3v) is 7.42. The van der Waals surface area contributed by atoms with Crippen molar-refractivity contribution in [3.05, 3.63) is 59.4 Å². The quantitative estimate of drug-likeness (QED) is 0.411. The highest BCUT2D eigenvalue weighted by atomic mass is 19.1. The number of benzene rings is 2. The summed E-state index contributed by atoms with van der Waals surface area (Å²) in [5.74, 6) is -2.03. The molecule has 3 N–H and O–H groups in total. The number of nitrogens with zero attached hydrogens (tertiary/aromatic N) is 1. The van der Waals surface area contributed by atoms with Crippen molar-refractivity contribution in [1.82, 2.24) is 15.2 Å². The van der Waals surface area contributed by atoms with E-state index in [-0.39, 0.29) is 36.2 Å². The number of H-pyrrole nitrogens is 1. The molecular formula is C29H32F3N3O4. The number of carbonyl (C=O) groups is 2. The molecule has 1 saturated heterocycles. The molecule has 7 nitrogen and oxygen atoms in total. The summed E-state index contributed by atoms with van der Waals surface area (Å²) in [6, 6.07) is 7.15. The number of nitrogens with one attached hydrogen (secondary N) is 2. The Labute approximate surface area is 224 Å². The molecule has 1 aromatic heterocycles. The van der Waals surface area contributed by atoms with Crippen molar-refractivity contribution in [3.8, 4) is 11.3 Å². The van der Waals surface area contributed by atoms with Crippen molar-refractivity contribution < 1.29 is 32.6 Å². The normalized spacial score (nSPS) is 23.1. The van der Waals surface area contributed by atoms with Gasteiger partial charge in [-0.2, -0.15) is 0 Å². The number of aromatic amines is 1. The summed E-state index contributed by atoms with van der Waals surface area (Å²) in [4.78, 5) is 29.8. The van der Waals surface area contributed by atoms with Gasteiger partial charge in [-0.3, -0.25) is 9.69 Å². The summed E-state index contributed by atoms with van der Waals surface area (Å²) in [6.07, 6.45) is 0.0147. The van der Waals surface area contributed by atoms with Crippen molar-refractivity contribution in [2.75, 3.05) is 13.1 Å². The number of hydrogen-bond donors (Lipinski definition) is 3. The fourth-order valence-electron chi connectivity index (χ4n) is 5.59. The second-order valence-electron chi connectivity index (χ2n) is 11.5. The summed E-state index contributed by atoms with van der Waals surface area (Å²) < 4.78 is 47.7. The lowest BCUT2D eigenvalue weighted by Crippen LogP contribution is -2.49. The van der Waals surface area contributed by atoms with Gasteiger partial charge in [0, 0.05) is 24.4 Å². The van der Waals surface area contributed by atoms with Crippen molar-refractivity contribution >= 4 is 22.9 Å². The summed E-state index contributed by atoms with van der Waals surface area (Å²) in [7, 11) is 0. The van der Waals surface area contributed by atoms with Gasteiger partial charge in [-0.1, -0.05) is 0 Å². The van der Waals surface area contributed by atoms with Gasteiger partial charge in [-0.05, 0) is 86.9 Å². The second-order valence-corrected chi connectivity index (χ2v) is 11.5. The Morgan fingerprint density at radius 1 is 1.08 bits per heavy atom. The number of β-amino-alcohol motifs (C(OH)–C–C–N with tert-alkyl or cyclic N) is 1. The fraction of sp³-hybridized carbons (Fsp3) is 0.448. The van der Waals surface area contributed by atoms with Gasteiger partial charge >= 0.3 is 6.09 Å². The van der Waals surface area contributed by atoms with Crippen LogP contribution in [0.4, 0.5) is 18.0 Å². The lowest BCUT2D eigenvalue weighted by Gasteiger charge is -2.36. The number of halogens is 3. The molecule has 3 aromatic rings. The number of amides is 2. The molecular weight excluding hydrogens is 511 g/mol. The highest BCUT2D eigenvalue weighted by molar-refractivity contribution is 5.92. The van der Waals surface area contributed by atoms with Crippen LogP contribution in [0.5, 0.6) is 0 Å². The van der Waals surface area contributed by atoms with Crippen LogP contribution < -0.4 is 5.32 Å². The number of aliphatic hydroxyl groups excluding tert-OH is 1. The Morgan fingerprint density at radius 3 is 2.44 bits per heavy atom. The first-order chi connectivity index (χ1) is 18.4. The third kappa shape index (κ3) is 5.61. The smallest absolute Gasteiger partial charge is 0.411 e. The van der Waals surface area contributed by atoms with E-state index in [1.165, 1.54) is 23.1 Å². The van der Waals surface area contributed by atoms with Crippen LogP contribution in [0, 0.1) is 23.4 Å². The number of carbonyl (C=O) groups excluding carboxylic acids is 2. The van der Waals surface area contributed by atoms with Gasteiger partial charge in [0.2, 0.25) is 5.91 Å². The minimum Gasteiger partial charge on any atom is -0.444 e. The first-order valence-corrected chi connectivity index (χ1v) is 13.1. The number of fused-ring (bicyclic) bond motifs is 1. The molecule has 1 aliphatic heterocycles. The molecule has 1 saturated carbocycles. The third-order valence-electron chi connectivity index (χ3n) is 7.42. The van der Waals surface area contributed by atoms with Gasteiger partial charge in [-0.15, -0.1) is 0 Å². The number of aliphatic hydroxyl groups is 1. The van der Waals surface area contributed by atoms with E-state index in [1.807, 2.05) is 0 Å². The molecule has 2 heterocycles. The largest absolute Gasteiger partial charge is 0.444 e. The second kappa shape index (κ2) is 10.2. The van der Waals surface area contributed by atoms with E-state index in [4.69, 9.17) is 4.74 Å². The average Bonchev–Trinajstić information content (AvgIpc) is 3.39. The van der Waals surface area contributed by atoms with Crippen LogP contribution in [0.1, 0.15) is 51.5 Å². The van der Waals surface area contributed by atoms with Crippen LogP contribution >= 0.6 is 0 Å². The van der Waals surface area contributed by atoms with Crippen molar-refractivity contribution in [2.24, 2.45) is 5.92 Å². The van der Waals surface area contributed by atoms with Gasteiger partial charge in [0.05, 0.1) is 23.9 Å². The van der Waals surface area contributed by atoms with E-state index < -0.39 is 41.3 Å². The van der Waals surface area contributed by atoms with Crippen molar-refractivity contribution in [2.45, 2.75) is 63.7 Å². The highest BCUT2D eigenvalue weighted by Crippen LogP contribution is 2.48. The molecule has 39 heavy (non-hydrogen) atoms. The Balaban J connectivity index is 1.28. The number of ether oxygens (including phenoxy) is 1. The van der Waals surface area contributed by atoms with Gasteiger partial charge in [0.15, 0.2) is 0 Å². The monoisotopic (exact) mass is 543 g/mol. The predicted octanol–water partition coefficient (Wildman–Crippen LogP) is 5.23. The summed E-state index contributed by atoms with van der Waals surface area (Å²) in [5, 5.41) is 13.4. The van der Waals surface area contributed by atoms with E-state index in [0.717, 1.165) is 11.6 Å². The average molecular weight is 544 g/mol. The summed E-state index contributed by atoms with van der Waals surface area (Å²) in [5.41, 5.74) is 1.53. The molecule has 208 valence electrons. The van der Waals surface area contributed by atoms with Crippen molar-refractivity contribution in [3.63, 3.8) is 0 Å². The lowest BCUT2D eigenvalue weighted by molar-refractivity contribution is -0.125. The maximum absolute atomic E-state index is 14.6. The number of likely N-dealkylation sites (tertiary alicyclic amines) is 1. The zero-order valence-corrected chi connectivity index (χ0v) is 22.1. The van der Waals surface area contributed by atoms with Crippen LogP contribution in [-0.4, -0.2) is 57.8 Å². The fourth-order valence-corrected chi connectivity index (χ4v) is 5.59. The molecule has 0 unspecified atom stereocenters. The molecule has 2 fully saturated rings. The molecule has 0 bridgehead atoms. The molecule has 0 spiro atoms. The topological polar surface area (TPSA) is 94.7 Å². The van der Waals surface area contributed by atoms with Gasteiger partial charge in [0.1, 0.15) is 29.1 Å². The van der Waals surface area contributed by atoms with E-state index >= 15 is 0 Å². The molecule has 2 aliphatic rings. The maximum Gasteiger partial charge on any atom is 0.411 e. The molecule has 0 radical (unpaired) electrons. The SMILES string of the molecule is CC(C)(C)OC(=O)N1C[C@H](O)C[C@@H]1C(=O)NC[C@H]1C[C@H](c2c(-c3ccc(F)cc3)[nH]c3c(F)cc(F)cc32)C1. The maximum atomic E-state index is 14.6. The van der Waals surface area contributed by atoms with Crippen LogP contribution in [-0.2, 0) is 9.53 Å². The van der Waals surface area contributed by atoms with Crippen LogP contribution in [0.25, 0.3) is 22.2 Å². The zero-order chi connectivity index (χ0) is 28.1. The molecule has 2 amide bonds. The van der Waals surface area contributed by atoms with Crippen LogP contribution in [0.2, 0.25) is 0 Å². The Hall–Kier alpha value is -3.53. The predicted molar refractivity (Wildman–Crippen MR) is 139 cm³/mol. The minimum absolute atomic E-state index is 0.0199. The van der Waals surface area contributed by atoms with E-state index in [1.54, 1.807) is 32.9 Å². The number of aromatic nitrogens is 1. The molecule has 5 rings (SSSR count). The van der Waals surface area contributed by atoms with Crippen LogP contribution in [0.15, 0.2) is 36.4 Å². The minimum atomic E-state index is -0.824.